The molecule has 2 rings (SSSR count). The number of nitrogens with zero attached hydrogens (tertiary/aromatic N) is 2. The van der Waals surface area contributed by atoms with E-state index in [4.69, 9.17) is 0 Å². The molecule has 3 atom stereocenters. The van der Waals surface area contributed by atoms with Gasteiger partial charge in [0.15, 0.2) is 0 Å². The van der Waals surface area contributed by atoms with Crippen LogP contribution in [0.3, 0.4) is 0 Å². The van der Waals surface area contributed by atoms with Crippen LogP contribution in [0.15, 0.2) is 17.1 Å². The van der Waals surface area contributed by atoms with Gasteiger partial charge < -0.3 is 19.7 Å². The molecule has 0 spiro atoms. The van der Waals surface area contributed by atoms with E-state index in [9.17, 15) is 19.8 Å². The molecule has 0 fully saturated rings. The number of aromatic carboxylic acids is 1. The largest absolute Gasteiger partial charge is 0.477 e. The van der Waals surface area contributed by atoms with E-state index in [1.54, 1.807) is 25.5 Å². The number of benzene rings is 1. The maximum Gasteiger partial charge on any atom is 0.341 e. The van der Waals surface area contributed by atoms with Gasteiger partial charge in [-0.15, -0.1) is 0 Å². The molecule has 0 radical (unpaired) electrons. The van der Waals surface area contributed by atoms with Crippen LogP contribution in [0.4, 0.5) is 10.1 Å². The molecular weight excluding hydrogens is 399 g/mol. The average molecular weight is 435 g/mol. The van der Waals surface area contributed by atoms with Crippen LogP contribution in [0.2, 0.25) is 0 Å². The number of anilines is 1. The van der Waals surface area contributed by atoms with Gasteiger partial charge >= 0.3 is 5.97 Å². The van der Waals surface area contributed by atoms with Crippen LogP contribution in [0, 0.1) is 24.1 Å². The second kappa shape index (κ2) is 8.99. The van der Waals surface area contributed by atoms with Crippen molar-refractivity contribution in [2.75, 3.05) is 18.5 Å². The Bertz CT molecular complexity index is 1040. The monoisotopic (exact) mass is 434 g/mol. The highest BCUT2D eigenvalue weighted by molar-refractivity contribution is 5.95. The standard InChI is InChI=1S/C24H35FN2O4/c1-9-13(2)27-11-18(23(30)31)22(29)17-10-19(25)21(14(3)20(17)27)26(8)12-24(6,7)15(4)16(5)28/h10-11,13,15-16,28H,9,12H2,1-8H3,(H,30,31). The van der Waals surface area contributed by atoms with Crippen molar-refractivity contribution >= 4 is 22.6 Å². The SMILES string of the molecule is CCC(C)n1cc(C(=O)O)c(=O)c2cc(F)c(N(C)CC(C)(C)C(C)C(C)O)c(C)c21. The van der Waals surface area contributed by atoms with Gasteiger partial charge in [0, 0.05) is 31.2 Å². The van der Waals surface area contributed by atoms with E-state index >= 15 is 4.39 Å². The molecule has 0 saturated heterocycles. The first-order valence-corrected chi connectivity index (χ1v) is 10.7. The minimum Gasteiger partial charge on any atom is -0.477 e. The van der Waals surface area contributed by atoms with Gasteiger partial charge in [-0.1, -0.05) is 27.7 Å². The van der Waals surface area contributed by atoms with Gasteiger partial charge in [-0.3, -0.25) is 4.79 Å². The normalized spacial score (nSPS) is 15.0. The lowest BCUT2D eigenvalue weighted by Crippen LogP contribution is -2.40. The first-order chi connectivity index (χ1) is 14.2. The van der Waals surface area contributed by atoms with Crippen molar-refractivity contribution in [1.82, 2.24) is 4.57 Å². The summed E-state index contributed by atoms with van der Waals surface area (Å²) >= 11 is 0. The average Bonchev–Trinajstić information content (AvgIpc) is 2.66. The summed E-state index contributed by atoms with van der Waals surface area (Å²) in [4.78, 5) is 26.2. The molecule has 1 aromatic carbocycles. The molecule has 0 aliphatic rings. The van der Waals surface area contributed by atoms with Gasteiger partial charge in [0.2, 0.25) is 5.43 Å². The molecule has 0 aliphatic carbocycles. The third kappa shape index (κ3) is 4.61. The van der Waals surface area contributed by atoms with Crippen LogP contribution in [0.1, 0.15) is 69.9 Å². The zero-order valence-corrected chi connectivity index (χ0v) is 19.8. The smallest absolute Gasteiger partial charge is 0.341 e. The number of hydrogen-bond donors (Lipinski definition) is 2. The first kappa shape index (κ1) is 24.9. The van der Waals surface area contributed by atoms with E-state index in [1.165, 1.54) is 6.20 Å². The summed E-state index contributed by atoms with van der Waals surface area (Å²) in [7, 11) is 1.80. The van der Waals surface area contributed by atoms with Crippen molar-refractivity contribution in [2.45, 2.75) is 67.0 Å². The van der Waals surface area contributed by atoms with E-state index in [0.717, 1.165) is 12.5 Å². The number of halogens is 1. The summed E-state index contributed by atoms with van der Waals surface area (Å²) in [6, 6.07) is 1.09. The number of carboxylic acids is 1. The van der Waals surface area contributed by atoms with E-state index < -0.39 is 23.3 Å². The Balaban J connectivity index is 2.77. The fourth-order valence-electron chi connectivity index (χ4n) is 4.32. The number of hydrogen-bond acceptors (Lipinski definition) is 4. The minimum absolute atomic E-state index is 0.0183. The maximum atomic E-state index is 15.3. The summed E-state index contributed by atoms with van der Waals surface area (Å²) in [5.74, 6) is -1.91. The minimum atomic E-state index is -1.32. The zero-order chi connectivity index (χ0) is 23.8. The van der Waals surface area contributed by atoms with Crippen LogP contribution in [0.25, 0.3) is 10.9 Å². The van der Waals surface area contributed by atoms with Crippen LogP contribution in [0.5, 0.6) is 0 Å². The molecule has 172 valence electrons. The number of carbonyl (C=O) groups is 1. The Kier molecular flexibility index (Phi) is 7.21. The topological polar surface area (TPSA) is 82.8 Å². The highest BCUT2D eigenvalue weighted by Crippen LogP contribution is 2.36. The molecule has 1 aromatic heterocycles. The molecule has 3 unspecified atom stereocenters. The molecule has 31 heavy (non-hydrogen) atoms. The number of aliphatic hydroxyl groups excluding tert-OH is 1. The van der Waals surface area contributed by atoms with Gasteiger partial charge in [-0.2, -0.15) is 0 Å². The Labute approximate surface area is 183 Å². The second-order valence-corrected chi connectivity index (χ2v) is 9.44. The quantitative estimate of drug-likeness (QED) is 0.635. The third-order valence-corrected chi connectivity index (χ3v) is 6.76. The number of aromatic nitrogens is 1. The lowest BCUT2D eigenvalue weighted by Gasteiger charge is -2.38. The third-order valence-electron chi connectivity index (χ3n) is 6.76. The van der Waals surface area contributed by atoms with Crippen molar-refractivity contribution in [3.8, 4) is 0 Å². The fourth-order valence-corrected chi connectivity index (χ4v) is 4.32. The van der Waals surface area contributed by atoms with Gasteiger partial charge in [-0.25, -0.2) is 9.18 Å². The van der Waals surface area contributed by atoms with Crippen LogP contribution in [-0.4, -0.2) is 40.4 Å². The lowest BCUT2D eigenvalue weighted by atomic mass is 9.76. The van der Waals surface area contributed by atoms with Crippen molar-refractivity contribution in [3.63, 3.8) is 0 Å². The van der Waals surface area contributed by atoms with Crippen LogP contribution >= 0.6 is 0 Å². The Hall–Kier alpha value is -2.41. The first-order valence-electron chi connectivity index (χ1n) is 10.7. The van der Waals surface area contributed by atoms with E-state index in [-0.39, 0.29) is 28.3 Å². The van der Waals surface area contributed by atoms with E-state index in [1.807, 2.05) is 39.5 Å². The molecule has 6 nitrogen and oxygen atoms in total. The Morgan fingerprint density at radius 1 is 1.29 bits per heavy atom. The molecule has 0 aliphatic heterocycles. The second-order valence-electron chi connectivity index (χ2n) is 9.44. The molecule has 1 heterocycles. The molecule has 0 bridgehead atoms. The van der Waals surface area contributed by atoms with E-state index in [2.05, 4.69) is 0 Å². The molecule has 0 saturated carbocycles. The molecule has 7 heteroatoms. The summed E-state index contributed by atoms with van der Waals surface area (Å²) in [6.07, 6.45) is 1.59. The zero-order valence-electron chi connectivity index (χ0n) is 19.8. The van der Waals surface area contributed by atoms with Gasteiger partial charge in [0.25, 0.3) is 0 Å². The van der Waals surface area contributed by atoms with Crippen molar-refractivity contribution in [2.24, 2.45) is 11.3 Å². The van der Waals surface area contributed by atoms with Crippen molar-refractivity contribution in [3.05, 3.63) is 39.4 Å². The highest BCUT2D eigenvalue weighted by Gasteiger charge is 2.32. The summed E-state index contributed by atoms with van der Waals surface area (Å²) < 4.78 is 17.1. The molecule has 2 N–H and O–H groups in total. The Morgan fingerprint density at radius 3 is 2.35 bits per heavy atom. The lowest BCUT2D eigenvalue weighted by molar-refractivity contribution is 0.0625. The number of aliphatic hydroxyl groups is 1. The van der Waals surface area contributed by atoms with Gasteiger partial charge in [0.05, 0.1) is 17.3 Å². The number of aryl methyl sites for hydroxylation is 1. The molecule has 0 amide bonds. The van der Waals surface area contributed by atoms with Crippen molar-refractivity contribution in [1.29, 1.82) is 0 Å². The number of fused-ring (bicyclic) bond motifs is 1. The van der Waals surface area contributed by atoms with Crippen LogP contribution < -0.4 is 10.3 Å². The number of pyridine rings is 1. The molecule has 2 aromatic rings. The van der Waals surface area contributed by atoms with Gasteiger partial charge in [-0.05, 0) is 50.2 Å². The summed E-state index contributed by atoms with van der Waals surface area (Å²) in [6.45, 7) is 13.9. The number of rotatable bonds is 8. The predicted octanol–water partition coefficient (Wildman–Crippen LogP) is 4.60. The highest BCUT2D eigenvalue weighted by atomic mass is 19.1. The van der Waals surface area contributed by atoms with Gasteiger partial charge in [0.1, 0.15) is 11.4 Å². The Morgan fingerprint density at radius 2 is 1.87 bits per heavy atom. The maximum absolute atomic E-state index is 15.3. The number of carboxylic acid groups (broad SMARTS) is 1. The fraction of sp³-hybridized carbons (Fsp3) is 0.583. The van der Waals surface area contributed by atoms with E-state index in [0.29, 0.717) is 23.3 Å². The van der Waals surface area contributed by atoms with Crippen LogP contribution in [-0.2, 0) is 0 Å². The predicted molar refractivity (Wildman–Crippen MR) is 123 cm³/mol. The summed E-state index contributed by atoms with van der Waals surface area (Å²) in [5, 5.41) is 19.6. The molecular formula is C24H35FN2O4. The summed E-state index contributed by atoms with van der Waals surface area (Å²) in [5.41, 5.74) is 0.167. The van der Waals surface area contributed by atoms with Crippen molar-refractivity contribution < 1.29 is 19.4 Å².